The number of aliphatic hydroxyl groups is 1. The molecular weight excluding hydrogens is 292 g/mol. The lowest BCUT2D eigenvalue weighted by molar-refractivity contribution is -0.141. The maximum absolute atomic E-state index is 12.5. The predicted molar refractivity (Wildman–Crippen MR) is 79.1 cm³/mol. The van der Waals surface area contributed by atoms with Crippen molar-refractivity contribution in [3.05, 3.63) is 34.9 Å². The summed E-state index contributed by atoms with van der Waals surface area (Å²) in [5, 5.41) is 13.3. The van der Waals surface area contributed by atoms with E-state index in [0.717, 1.165) is 5.56 Å². The maximum Gasteiger partial charge on any atom is 0.239 e. The largest absolute Gasteiger partial charge is 0.392 e. The van der Waals surface area contributed by atoms with E-state index >= 15 is 0 Å². The first-order valence-corrected chi connectivity index (χ1v) is 7.59. The summed E-state index contributed by atoms with van der Waals surface area (Å²) in [6.07, 6.45) is -0.144. The van der Waals surface area contributed by atoms with Gasteiger partial charge in [-0.1, -0.05) is 29.8 Å². The summed E-state index contributed by atoms with van der Waals surface area (Å²) >= 11 is 6.20. The summed E-state index contributed by atoms with van der Waals surface area (Å²) in [6.45, 7) is 2.05. The lowest BCUT2D eigenvalue weighted by Gasteiger charge is -2.35. The van der Waals surface area contributed by atoms with Crippen LogP contribution in [0.2, 0.25) is 5.02 Å². The average molecular weight is 311 g/mol. The molecule has 5 nitrogen and oxygen atoms in total. The number of ether oxygens (including phenoxy) is 1. The highest BCUT2D eigenvalue weighted by molar-refractivity contribution is 6.31. The van der Waals surface area contributed by atoms with Crippen LogP contribution in [0.15, 0.2) is 24.3 Å². The second kappa shape index (κ2) is 6.32. The van der Waals surface area contributed by atoms with Gasteiger partial charge in [0.05, 0.1) is 25.3 Å². The molecule has 114 valence electrons. The number of hydrogen-bond acceptors (Lipinski definition) is 4. The number of halogens is 1. The number of β-amino-alcohol motifs (C(OH)–C–C–N with tert-alkyl or cyclic N) is 1. The van der Waals surface area contributed by atoms with Gasteiger partial charge in [-0.3, -0.25) is 4.79 Å². The van der Waals surface area contributed by atoms with Crippen molar-refractivity contribution in [3.8, 4) is 0 Å². The summed E-state index contributed by atoms with van der Waals surface area (Å²) in [5.74, 6) is 0.0342. The Balaban J connectivity index is 1.68. The Morgan fingerprint density at radius 3 is 2.95 bits per heavy atom. The Morgan fingerprint density at radius 1 is 1.43 bits per heavy atom. The van der Waals surface area contributed by atoms with Gasteiger partial charge < -0.3 is 20.1 Å². The average Bonchev–Trinajstić information content (AvgIpc) is 2.94. The summed E-state index contributed by atoms with van der Waals surface area (Å²) in [5.41, 5.74) is 0.913. The zero-order chi connectivity index (χ0) is 14.8. The minimum absolute atomic E-state index is 0.0342. The monoisotopic (exact) mass is 310 g/mol. The number of rotatable bonds is 2. The van der Waals surface area contributed by atoms with Crippen molar-refractivity contribution >= 4 is 17.5 Å². The highest BCUT2D eigenvalue weighted by Gasteiger charge is 2.34. The Labute approximate surface area is 128 Å². The Hall–Kier alpha value is -1.14. The van der Waals surface area contributed by atoms with Gasteiger partial charge in [0.1, 0.15) is 6.10 Å². The van der Waals surface area contributed by atoms with Crippen molar-refractivity contribution in [2.24, 2.45) is 0 Å². The highest BCUT2D eigenvalue weighted by atomic mass is 35.5. The van der Waals surface area contributed by atoms with E-state index in [1.54, 1.807) is 4.90 Å². The SMILES string of the molecule is O=C(C1CC(O)CN1)N1CCOC(c2ccccc2Cl)C1. The zero-order valence-electron chi connectivity index (χ0n) is 11.7. The highest BCUT2D eigenvalue weighted by Crippen LogP contribution is 2.28. The van der Waals surface area contributed by atoms with Crippen LogP contribution >= 0.6 is 11.6 Å². The lowest BCUT2D eigenvalue weighted by atomic mass is 10.1. The van der Waals surface area contributed by atoms with Gasteiger partial charge in [-0.05, 0) is 12.5 Å². The molecule has 0 bridgehead atoms. The first kappa shape index (κ1) is 14.8. The van der Waals surface area contributed by atoms with Crippen molar-refractivity contribution < 1.29 is 14.6 Å². The predicted octanol–water partition coefficient (Wildman–Crippen LogP) is 0.963. The Morgan fingerprint density at radius 2 is 2.24 bits per heavy atom. The van der Waals surface area contributed by atoms with E-state index in [1.165, 1.54) is 0 Å². The molecule has 3 unspecified atom stereocenters. The number of morpholine rings is 1. The number of carbonyl (C=O) groups is 1. The molecule has 0 spiro atoms. The van der Waals surface area contributed by atoms with E-state index in [9.17, 15) is 9.90 Å². The molecule has 1 aromatic carbocycles. The summed E-state index contributed by atoms with van der Waals surface area (Å²) < 4.78 is 5.76. The molecular formula is C15H19ClN2O3. The number of nitrogens with one attached hydrogen (secondary N) is 1. The fraction of sp³-hybridized carbons (Fsp3) is 0.533. The molecule has 6 heteroatoms. The van der Waals surface area contributed by atoms with Crippen LogP contribution < -0.4 is 5.32 Å². The molecule has 2 N–H and O–H groups in total. The maximum atomic E-state index is 12.5. The standard InChI is InChI=1S/C15H19ClN2O3/c16-12-4-2-1-3-11(12)14-9-18(5-6-21-14)15(20)13-7-10(19)8-17-13/h1-4,10,13-14,17,19H,5-9H2. The van der Waals surface area contributed by atoms with Crippen molar-refractivity contribution in [2.45, 2.75) is 24.7 Å². The molecule has 0 radical (unpaired) electrons. The Bertz CT molecular complexity index is 525. The first-order valence-electron chi connectivity index (χ1n) is 7.21. The zero-order valence-corrected chi connectivity index (χ0v) is 12.4. The van der Waals surface area contributed by atoms with Crippen molar-refractivity contribution in [1.82, 2.24) is 10.2 Å². The number of benzene rings is 1. The van der Waals surface area contributed by atoms with E-state index in [0.29, 0.717) is 37.7 Å². The molecule has 2 aliphatic heterocycles. The number of nitrogens with zero attached hydrogens (tertiary/aromatic N) is 1. The molecule has 2 aliphatic rings. The van der Waals surface area contributed by atoms with Gasteiger partial charge in [-0.15, -0.1) is 0 Å². The molecule has 21 heavy (non-hydrogen) atoms. The van der Waals surface area contributed by atoms with Crippen molar-refractivity contribution in [2.75, 3.05) is 26.2 Å². The van der Waals surface area contributed by atoms with E-state index in [4.69, 9.17) is 16.3 Å². The van der Waals surface area contributed by atoms with Crippen LogP contribution in [0.25, 0.3) is 0 Å². The molecule has 2 heterocycles. The van der Waals surface area contributed by atoms with Gasteiger partial charge in [0.25, 0.3) is 0 Å². The van der Waals surface area contributed by atoms with Gasteiger partial charge >= 0.3 is 0 Å². The molecule has 1 aromatic rings. The van der Waals surface area contributed by atoms with Gasteiger partial charge in [-0.25, -0.2) is 0 Å². The van der Waals surface area contributed by atoms with Gasteiger partial charge in [0, 0.05) is 23.7 Å². The second-order valence-electron chi connectivity index (χ2n) is 5.52. The van der Waals surface area contributed by atoms with Gasteiger partial charge in [-0.2, -0.15) is 0 Å². The minimum Gasteiger partial charge on any atom is -0.392 e. The number of carbonyl (C=O) groups excluding carboxylic acids is 1. The molecule has 0 aromatic heterocycles. The fourth-order valence-corrected chi connectivity index (χ4v) is 3.16. The third-order valence-corrected chi connectivity index (χ3v) is 4.38. The molecule has 0 saturated carbocycles. The van der Waals surface area contributed by atoms with Gasteiger partial charge in [0.2, 0.25) is 5.91 Å². The van der Waals surface area contributed by atoms with E-state index < -0.39 is 6.10 Å². The molecule has 1 amide bonds. The van der Waals surface area contributed by atoms with E-state index in [2.05, 4.69) is 5.32 Å². The summed E-state index contributed by atoms with van der Waals surface area (Å²) in [7, 11) is 0. The van der Waals surface area contributed by atoms with Crippen LogP contribution in [0.3, 0.4) is 0 Å². The van der Waals surface area contributed by atoms with Crippen LogP contribution in [0, 0.1) is 0 Å². The van der Waals surface area contributed by atoms with Crippen LogP contribution in [0.5, 0.6) is 0 Å². The van der Waals surface area contributed by atoms with Crippen LogP contribution in [0.1, 0.15) is 18.1 Å². The molecule has 0 aliphatic carbocycles. The Kier molecular flexibility index (Phi) is 4.45. The fourth-order valence-electron chi connectivity index (χ4n) is 2.90. The lowest BCUT2D eigenvalue weighted by Crippen LogP contribution is -2.49. The molecule has 3 atom stereocenters. The second-order valence-corrected chi connectivity index (χ2v) is 5.92. The van der Waals surface area contributed by atoms with Crippen LogP contribution in [-0.4, -0.2) is 54.3 Å². The normalized spacial score (nSPS) is 29.6. The smallest absolute Gasteiger partial charge is 0.239 e. The van der Waals surface area contributed by atoms with Crippen LogP contribution in [-0.2, 0) is 9.53 Å². The third kappa shape index (κ3) is 3.21. The van der Waals surface area contributed by atoms with Crippen molar-refractivity contribution in [1.29, 1.82) is 0 Å². The van der Waals surface area contributed by atoms with E-state index in [1.807, 2.05) is 24.3 Å². The number of amides is 1. The molecule has 2 saturated heterocycles. The number of aliphatic hydroxyl groups excluding tert-OH is 1. The first-order chi connectivity index (χ1) is 10.1. The molecule has 2 fully saturated rings. The third-order valence-electron chi connectivity index (χ3n) is 4.04. The van der Waals surface area contributed by atoms with Crippen molar-refractivity contribution in [3.63, 3.8) is 0 Å². The van der Waals surface area contributed by atoms with Crippen LogP contribution in [0.4, 0.5) is 0 Å². The molecule has 3 rings (SSSR count). The van der Waals surface area contributed by atoms with Gasteiger partial charge in [0.15, 0.2) is 0 Å². The van der Waals surface area contributed by atoms with E-state index in [-0.39, 0.29) is 18.1 Å². The topological polar surface area (TPSA) is 61.8 Å². The summed E-state index contributed by atoms with van der Waals surface area (Å²) in [6, 6.07) is 7.26. The quantitative estimate of drug-likeness (QED) is 0.854. The summed E-state index contributed by atoms with van der Waals surface area (Å²) in [4.78, 5) is 14.3. The number of hydrogen-bond donors (Lipinski definition) is 2. The minimum atomic E-state index is -0.431.